The molecule has 0 atom stereocenters. The molecule has 1 rings (SSSR count). The van der Waals surface area contributed by atoms with Crippen molar-refractivity contribution in [2.45, 2.75) is 16.8 Å². The average Bonchev–Trinajstić information content (AvgIpc) is 2.10. The zero-order valence-corrected chi connectivity index (χ0v) is 10.6. The van der Waals surface area contributed by atoms with Crippen LogP contribution < -0.4 is 9.64 Å². The monoisotopic (exact) mass is 305 g/mol. The molecule has 2 nitrogen and oxygen atoms in total. The Morgan fingerprint density at radius 1 is 1.00 bits per heavy atom. The molecule has 0 bridgehead atoms. The van der Waals surface area contributed by atoms with Crippen molar-refractivity contribution >= 4 is 17.4 Å². The van der Waals surface area contributed by atoms with E-state index in [2.05, 4.69) is 4.74 Å². The summed E-state index contributed by atoms with van der Waals surface area (Å²) in [5, 5.41) is 0. The van der Waals surface area contributed by atoms with Crippen molar-refractivity contribution in [3.8, 4) is 5.75 Å². The lowest BCUT2D eigenvalue weighted by molar-refractivity contribution is -0.274. The molecule has 0 aliphatic rings. The number of ether oxygens (including phenoxy) is 1. The minimum Gasteiger partial charge on any atom is -0.406 e. The van der Waals surface area contributed by atoms with Gasteiger partial charge in [0.05, 0.1) is 0 Å². The first-order chi connectivity index (χ1) is 8.46. The molecular formula is C10H9F6NOS. The van der Waals surface area contributed by atoms with Crippen molar-refractivity contribution in [1.82, 2.24) is 0 Å². The second-order valence-electron chi connectivity index (χ2n) is 3.65. The maximum Gasteiger partial charge on any atom is 0.573 e. The van der Waals surface area contributed by atoms with E-state index < -0.39 is 29.4 Å². The Kier molecular flexibility index (Phi) is 4.49. The van der Waals surface area contributed by atoms with Crippen LogP contribution in [0, 0.1) is 0 Å². The summed E-state index contributed by atoms with van der Waals surface area (Å²) in [6, 6.07) is 2.83. The number of hydrogen-bond acceptors (Lipinski definition) is 3. The number of rotatable bonds is 3. The van der Waals surface area contributed by atoms with E-state index in [1.54, 1.807) is 0 Å². The van der Waals surface area contributed by atoms with Gasteiger partial charge in [0.1, 0.15) is 5.75 Å². The van der Waals surface area contributed by atoms with Crippen LogP contribution in [-0.2, 0) is 0 Å². The number of alkyl halides is 6. The number of hydrogen-bond donors (Lipinski definition) is 0. The number of anilines is 1. The van der Waals surface area contributed by atoms with E-state index in [9.17, 15) is 26.3 Å². The Hall–Kier alpha value is -1.25. The van der Waals surface area contributed by atoms with Crippen molar-refractivity contribution in [1.29, 1.82) is 0 Å². The van der Waals surface area contributed by atoms with Crippen molar-refractivity contribution in [3.05, 3.63) is 18.2 Å². The molecule has 0 amide bonds. The van der Waals surface area contributed by atoms with Crippen LogP contribution in [0.5, 0.6) is 5.75 Å². The van der Waals surface area contributed by atoms with Crippen LogP contribution in [0.2, 0.25) is 0 Å². The van der Waals surface area contributed by atoms with Crippen LogP contribution in [0.1, 0.15) is 0 Å². The van der Waals surface area contributed by atoms with E-state index in [4.69, 9.17) is 0 Å². The third kappa shape index (κ3) is 5.95. The first-order valence-corrected chi connectivity index (χ1v) is 5.62. The highest BCUT2D eigenvalue weighted by molar-refractivity contribution is 8.00. The van der Waals surface area contributed by atoms with E-state index in [0.717, 1.165) is 12.1 Å². The molecule has 0 unspecified atom stereocenters. The SMILES string of the molecule is CN(C)c1cc(OC(F)(F)F)cc(SC(F)(F)F)c1. The molecule has 0 aliphatic heterocycles. The Bertz CT molecular complexity index is 408. The fourth-order valence-electron chi connectivity index (χ4n) is 1.20. The zero-order valence-electron chi connectivity index (χ0n) is 9.76. The van der Waals surface area contributed by atoms with Crippen LogP contribution in [0.25, 0.3) is 0 Å². The van der Waals surface area contributed by atoms with Gasteiger partial charge >= 0.3 is 11.9 Å². The third-order valence-corrected chi connectivity index (χ3v) is 2.55. The molecule has 108 valence electrons. The number of benzene rings is 1. The van der Waals surface area contributed by atoms with Gasteiger partial charge in [-0.3, -0.25) is 0 Å². The molecule has 19 heavy (non-hydrogen) atoms. The standard InChI is InChI=1S/C10H9F6NOS/c1-17(2)6-3-7(18-9(11,12)13)5-8(4-6)19-10(14,15)16/h3-5H,1-2H3. The van der Waals surface area contributed by atoms with Crippen LogP contribution >= 0.6 is 11.8 Å². The Labute approximate surface area is 109 Å². The molecule has 9 heteroatoms. The second-order valence-corrected chi connectivity index (χ2v) is 4.79. The summed E-state index contributed by atoms with van der Waals surface area (Å²) in [5.41, 5.74) is -4.41. The van der Waals surface area contributed by atoms with Crippen LogP contribution in [0.3, 0.4) is 0 Å². The smallest absolute Gasteiger partial charge is 0.406 e. The first kappa shape index (κ1) is 15.8. The molecule has 0 fully saturated rings. The molecule has 0 aliphatic carbocycles. The molecule has 1 aromatic rings. The maximum absolute atomic E-state index is 12.2. The molecule has 0 spiro atoms. The van der Waals surface area contributed by atoms with Gasteiger partial charge in [-0.15, -0.1) is 13.2 Å². The highest BCUT2D eigenvalue weighted by Crippen LogP contribution is 2.40. The zero-order chi connectivity index (χ0) is 14.8. The van der Waals surface area contributed by atoms with Crippen molar-refractivity contribution < 1.29 is 31.1 Å². The molecule has 0 saturated heterocycles. The molecule has 0 aromatic heterocycles. The largest absolute Gasteiger partial charge is 0.573 e. The van der Waals surface area contributed by atoms with Crippen LogP contribution in [0.15, 0.2) is 23.1 Å². The summed E-state index contributed by atoms with van der Waals surface area (Å²) < 4.78 is 76.6. The molecule has 1 aromatic carbocycles. The van der Waals surface area contributed by atoms with E-state index >= 15 is 0 Å². The molecule has 0 radical (unpaired) electrons. The normalized spacial score (nSPS) is 12.4. The first-order valence-electron chi connectivity index (χ1n) is 4.80. The van der Waals surface area contributed by atoms with Gasteiger partial charge < -0.3 is 9.64 Å². The fourth-order valence-corrected chi connectivity index (χ4v) is 1.82. The van der Waals surface area contributed by atoms with Crippen molar-refractivity contribution in [2.24, 2.45) is 0 Å². The topological polar surface area (TPSA) is 12.5 Å². The summed E-state index contributed by atoms with van der Waals surface area (Å²) in [5.74, 6) is -0.689. The van der Waals surface area contributed by atoms with E-state index in [1.165, 1.54) is 19.0 Å². The average molecular weight is 305 g/mol. The minimum absolute atomic E-state index is 0.175. The predicted octanol–water partition coefficient (Wildman–Crippen LogP) is 4.26. The lowest BCUT2D eigenvalue weighted by atomic mass is 10.3. The molecular weight excluding hydrogens is 296 g/mol. The van der Waals surface area contributed by atoms with Crippen LogP contribution in [0.4, 0.5) is 32.0 Å². The van der Waals surface area contributed by atoms with E-state index in [1.807, 2.05) is 0 Å². The quantitative estimate of drug-likeness (QED) is 0.611. The van der Waals surface area contributed by atoms with Crippen LogP contribution in [-0.4, -0.2) is 26.0 Å². The lowest BCUT2D eigenvalue weighted by Gasteiger charge is -2.17. The van der Waals surface area contributed by atoms with Gasteiger partial charge in [-0.25, -0.2) is 0 Å². The van der Waals surface area contributed by atoms with E-state index in [-0.39, 0.29) is 10.6 Å². The molecule has 0 saturated carbocycles. The number of halogens is 6. The lowest BCUT2D eigenvalue weighted by Crippen LogP contribution is -2.18. The van der Waals surface area contributed by atoms with Gasteiger partial charge in [-0.2, -0.15) is 13.2 Å². The fraction of sp³-hybridized carbons (Fsp3) is 0.400. The van der Waals surface area contributed by atoms with Gasteiger partial charge in [0.2, 0.25) is 0 Å². The van der Waals surface area contributed by atoms with Gasteiger partial charge in [-0.05, 0) is 23.9 Å². The summed E-state index contributed by atoms with van der Waals surface area (Å²) in [4.78, 5) is 1.00. The maximum atomic E-state index is 12.2. The summed E-state index contributed by atoms with van der Waals surface area (Å²) >= 11 is -0.502. The number of thioether (sulfide) groups is 1. The van der Waals surface area contributed by atoms with Gasteiger partial charge in [-0.1, -0.05) is 0 Å². The highest BCUT2D eigenvalue weighted by atomic mass is 32.2. The summed E-state index contributed by atoms with van der Waals surface area (Å²) in [6.45, 7) is 0. The van der Waals surface area contributed by atoms with E-state index in [0.29, 0.717) is 6.07 Å². The third-order valence-electron chi connectivity index (χ3n) is 1.85. The predicted molar refractivity (Wildman–Crippen MR) is 59.4 cm³/mol. The van der Waals surface area contributed by atoms with Gasteiger partial charge in [0.25, 0.3) is 0 Å². The Balaban J connectivity index is 3.11. The highest BCUT2D eigenvalue weighted by Gasteiger charge is 2.33. The minimum atomic E-state index is -4.95. The summed E-state index contributed by atoms with van der Waals surface area (Å²) in [6.07, 6.45) is -4.95. The Morgan fingerprint density at radius 2 is 1.58 bits per heavy atom. The second kappa shape index (κ2) is 5.40. The van der Waals surface area contributed by atoms with Crippen molar-refractivity contribution in [2.75, 3.05) is 19.0 Å². The molecule has 0 heterocycles. The Morgan fingerprint density at radius 3 is 2.00 bits per heavy atom. The van der Waals surface area contributed by atoms with Gasteiger partial charge in [0.15, 0.2) is 0 Å². The van der Waals surface area contributed by atoms with Crippen molar-refractivity contribution in [3.63, 3.8) is 0 Å². The van der Waals surface area contributed by atoms with Gasteiger partial charge in [0, 0.05) is 30.7 Å². The number of nitrogens with zero attached hydrogens (tertiary/aromatic N) is 1. The molecule has 0 N–H and O–H groups in total. The summed E-state index contributed by atoms with van der Waals surface area (Å²) in [7, 11) is 2.99.